The van der Waals surface area contributed by atoms with Crippen LogP contribution in [0, 0.1) is 142 Å². The number of carbonyl (C=O) groups excluding carboxylic acids is 1. The maximum atomic E-state index is 14.9. The molecular weight excluding hydrogens is 1670 g/mol. The van der Waals surface area contributed by atoms with E-state index in [4.69, 9.17) is 4.74 Å². The highest BCUT2D eigenvalue weighted by Crippen LogP contribution is 2.46. The van der Waals surface area contributed by atoms with Crippen LogP contribution in [0.5, 0.6) is 5.75 Å². The fourth-order valence-corrected chi connectivity index (χ4v) is 23.8. The summed E-state index contributed by atoms with van der Waals surface area (Å²) in [7, 11) is 0. The molecule has 8 fully saturated rings. The van der Waals surface area contributed by atoms with Crippen molar-refractivity contribution in [2.45, 2.75) is 326 Å². The van der Waals surface area contributed by atoms with Crippen molar-refractivity contribution >= 4 is 5.78 Å². The van der Waals surface area contributed by atoms with E-state index in [0.717, 1.165) is 161 Å². The quantitative estimate of drug-likeness (QED) is 0.0711. The summed E-state index contributed by atoms with van der Waals surface area (Å²) in [4.78, 5) is 12.6. The fraction of sp³-hybridized carbons (Fsp3) is 0.492. The topological polar surface area (TPSA) is 26.3 Å². The molecule has 0 N–H and O–H groups in total. The lowest BCUT2D eigenvalue weighted by Gasteiger charge is -2.37. The van der Waals surface area contributed by atoms with E-state index < -0.39 is 0 Å². The first-order chi connectivity index (χ1) is 66.4. The molecular formula is C132H167F3O2. The lowest BCUT2D eigenvalue weighted by atomic mass is 9.69. The highest BCUT2D eigenvalue weighted by atomic mass is 19.1. The Hall–Kier alpha value is -9.32. The van der Waals surface area contributed by atoms with Crippen LogP contribution in [-0.2, 0) is 12.8 Å². The van der Waals surface area contributed by atoms with Gasteiger partial charge < -0.3 is 4.74 Å². The van der Waals surface area contributed by atoms with Gasteiger partial charge in [0.25, 0.3) is 0 Å². The Morgan fingerprint density at radius 1 is 0.255 bits per heavy atom. The summed E-state index contributed by atoms with van der Waals surface area (Å²) in [5.41, 5.74) is 23.2. The second-order valence-electron chi connectivity index (χ2n) is 45.1. The molecule has 2 nitrogen and oxygen atoms in total. The first-order valence-corrected chi connectivity index (χ1v) is 54.5. The number of hydrogen-bond donors (Lipinski definition) is 0. The highest BCUT2D eigenvalue weighted by Gasteiger charge is 2.34. The fourth-order valence-electron chi connectivity index (χ4n) is 23.8. The number of ketones is 1. The number of ether oxygens (including phenoxy) is 1. The first-order valence-electron chi connectivity index (χ1n) is 54.5. The summed E-state index contributed by atoms with van der Waals surface area (Å²) in [6.45, 7) is 27.6. The average molecular weight is 1840 g/mol. The Morgan fingerprint density at radius 2 is 0.518 bits per heavy atom. The average Bonchev–Trinajstić information content (AvgIpc) is 0.790. The molecule has 0 heterocycles. The van der Waals surface area contributed by atoms with Gasteiger partial charge >= 0.3 is 0 Å². The Labute approximate surface area is 827 Å². The maximum absolute atomic E-state index is 14.9. The van der Waals surface area contributed by atoms with Crippen LogP contribution in [0.4, 0.5) is 13.2 Å². The summed E-state index contributed by atoms with van der Waals surface area (Å²) in [6, 6.07) is 85.0. The van der Waals surface area contributed by atoms with Crippen LogP contribution >= 0.6 is 0 Å². The van der Waals surface area contributed by atoms with Gasteiger partial charge in [-0.15, -0.1) is 0 Å². The molecule has 0 aromatic heterocycles. The molecule has 0 amide bonds. The van der Waals surface area contributed by atoms with E-state index in [1.54, 1.807) is 30.3 Å². The van der Waals surface area contributed by atoms with Crippen molar-refractivity contribution in [1.29, 1.82) is 0 Å². The predicted octanol–water partition coefficient (Wildman–Crippen LogP) is 38.7. The molecule has 5 heteroatoms. The molecule has 0 aliphatic heterocycles. The van der Waals surface area contributed by atoms with Crippen LogP contribution in [0.3, 0.4) is 0 Å². The molecule has 0 bridgehead atoms. The van der Waals surface area contributed by atoms with Gasteiger partial charge in [-0.3, -0.25) is 4.79 Å². The number of rotatable bonds is 20. The van der Waals surface area contributed by atoms with Crippen LogP contribution in [0.2, 0.25) is 0 Å². The van der Waals surface area contributed by atoms with Crippen LogP contribution in [0.15, 0.2) is 249 Å². The van der Waals surface area contributed by atoms with Gasteiger partial charge in [0.15, 0.2) is 5.78 Å². The minimum Gasteiger partial charge on any atom is -0.493 e. The molecule has 0 radical (unpaired) electrons. The predicted molar refractivity (Wildman–Crippen MR) is 577 cm³/mol. The van der Waals surface area contributed by atoms with Crippen LogP contribution < -0.4 is 4.74 Å². The van der Waals surface area contributed by atoms with Gasteiger partial charge in [-0.1, -0.05) is 390 Å². The third-order valence-electron chi connectivity index (χ3n) is 33.9. The Morgan fingerprint density at radius 3 is 0.883 bits per heavy atom. The van der Waals surface area contributed by atoms with Gasteiger partial charge in [0.1, 0.15) is 23.2 Å². The van der Waals surface area contributed by atoms with E-state index in [2.05, 4.69) is 234 Å². The zero-order valence-corrected chi connectivity index (χ0v) is 86.0. The van der Waals surface area contributed by atoms with Gasteiger partial charge in [-0.2, -0.15) is 0 Å². The largest absolute Gasteiger partial charge is 0.493 e. The van der Waals surface area contributed by atoms with Crippen molar-refractivity contribution in [3.63, 3.8) is 0 Å². The van der Waals surface area contributed by atoms with Gasteiger partial charge in [0.05, 0.1) is 6.61 Å². The minimum absolute atomic E-state index is 0.168. The normalized spacial score (nSPS) is 24.9. The number of Topliss-reactive ketones (excluding diaryl/α,β-unsaturated/α-hetero) is 1. The van der Waals surface area contributed by atoms with Crippen molar-refractivity contribution in [2.24, 2.45) is 82.9 Å². The summed E-state index contributed by atoms with van der Waals surface area (Å²) in [5, 5.41) is 0. The Bertz CT molecular complexity index is 5210. The van der Waals surface area contributed by atoms with Crippen LogP contribution in [0.25, 0.3) is 55.6 Å². The van der Waals surface area contributed by atoms with E-state index in [1.807, 2.05) is 67.6 Å². The van der Waals surface area contributed by atoms with Gasteiger partial charge in [-0.05, 0) is 356 Å². The first kappa shape index (κ1) is 104. The van der Waals surface area contributed by atoms with Crippen LogP contribution in [-0.4, -0.2) is 12.4 Å². The molecule has 8 aliphatic rings. The second kappa shape index (κ2) is 52.3. The standard InChI is InChI=1S/C26H32F2.C22H34.C22H28.C21H32O.C21H24O.C20H17F/c1-17-3-7-19(8-4-17)21-11-13-23(25(27)15-21)24-14-12-22(16-26(24)28)20-9-5-18(2)6-10-20;2*1-17-3-7-19(8-4-17)9-10-20-11-15-22(16-12-20)21-13-5-18(2)6-14-21;1-16-3-9-19(10-4-16)20-11-7-18(8-12-20)15-22-21-13-5-17(2)6-14-21;1-15-3-7-17(8-4-15)18-11-13-20(14-12-18)21(22)19-9-5-16(2)6-10-19;1-14-3-6-16(7-4-14)17-8-10-18(11-9-17)19-12-5-15(2)13-20(19)21/h11-20H,3-10H2,1-2H3;3-4,7-8,18,20-22H,5-6,9-16H2,1-2H3;5-6,11-17,19H,3-4,7-10H2,1-2H3;5-6,13-14,16,18-20H,3-4,7-12,15H2,1-2H3;3-4,7-8,11-14,16,19H,5-6,9-10H2,1-2H3;3-13H,1-2H3. The minimum atomic E-state index is -0.297. The van der Waals surface area contributed by atoms with Gasteiger partial charge in [-0.25, -0.2) is 13.2 Å². The Balaban J connectivity index is 0.000000132. The molecule has 137 heavy (non-hydrogen) atoms. The zero-order valence-electron chi connectivity index (χ0n) is 86.0. The molecule has 0 spiro atoms. The zero-order chi connectivity index (χ0) is 96.1. The molecule has 19 rings (SSSR count). The lowest BCUT2D eigenvalue weighted by molar-refractivity contribution is 0.0875. The number of benzene rings is 11. The lowest BCUT2D eigenvalue weighted by Crippen LogP contribution is -2.27. The molecule has 11 aromatic carbocycles. The third kappa shape index (κ3) is 31.8. The van der Waals surface area contributed by atoms with E-state index >= 15 is 0 Å². The molecule has 0 saturated heterocycles. The second-order valence-corrected chi connectivity index (χ2v) is 45.1. The number of hydrogen-bond acceptors (Lipinski definition) is 2. The molecule has 0 unspecified atom stereocenters. The van der Waals surface area contributed by atoms with E-state index in [1.165, 1.54) is 259 Å². The van der Waals surface area contributed by atoms with Crippen molar-refractivity contribution < 1.29 is 22.7 Å². The summed E-state index contributed by atoms with van der Waals surface area (Å²) in [5.74, 6) is 14.0. The third-order valence-corrected chi connectivity index (χ3v) is 33.9. The summed E-state index contributed by atoms with van der Waals surface area (Å²) in [6.07, 6.45) is 48.6. The van der Waals surface area contributed by atoms with Gasteiger partial charge in [0.2, 0.25) is 0 Å². The monoisotopic (exact) mass is 1840 g/mol. The summed E-state index contributed by atoms with van der Waals surface area (Å²) < 4.78 is 49.8. The van der Waals surface area contributed by atoms with Crippen molar-refractivity contribution in [3.8, 4) is 61.4 Å². The van der Waals surface area contributed by atoms with E-state index in [0.29, 0.717) is 34.3 Å². The van der Waals surface area contributed by atoms with Crippen molar-refractivity contribution in [2.75, 3.05) is 6.61 Å². The number of halogens is 3. The Kier molecular flexibility index (Phi) is 39.5. The molecule has 8 aliphatic carbocycles. The maximum Gasteiger partial charge on any atom is 0.165 e. The van der Waals surface area contributed by atoms with E-state index in [-0.39, 0.29) is 23.4 Å². The van der Waals surface area contributed by atoms with Crippen LogP contribution in [0.1, 0.15) is 338 Å². The van der Waals surface area contributed by atoms with Crippen molar-refractivity contribution in [3.05, 3.63) is 327 Å². The molecule has 8 saturated carbocycles. The molecule has 0 atom stereocenters. The SMILES string of the molecule is CC1CCC(c2ccc(-c3ccc(C4CCC(C)CC4)cc3F)c(F)c2)CC1.Cc1ccc(-c2ccc(-c3ccc(C)cc3F)cc2)cc1.Cc1ccc(-c2ccc(C(=O)C3CCC(C)CC3)cc2)cc1.Cc1ccc(-c2ccc(CCC3CCC(C)CC3)cc2)cc1.Cc1ccc(CCC2CCC(C3CCC(C)CC3)CC2)cc1.Cc1ccc(OCC2CCC(C3CCC(C)CC3)CC2)cc1. The smallest absolute Gasteiger partial charge is 0.165 e. The van der Waals surface area contributed by atoms with Crippen molar-refractivity contribution in [1.82, 2.24) is 0 Å². The number of carbonyl (C=O) groups is 1. The summed E-state index contributed by atoms with van der Waals surface area (Å²) >= 11 is 0. The van der Waals surface area contributed by atoms with Gasteiger partial charge in [0, 0.05) is 28.2 Å². The highest BCUT2D eigenvalue weighted by molar-refractivity contribution is 5.98. The van der Waals surface area contributed by atoms with E-state index in [9.17, 15) is 18.0 Å². The molecule has 11 aromatic rings. The number of aryl methyl sites for hydroxylation is 8. The molecule has 728 valence electrons.